The Labute approximate surface area is 159 Å². The van der Waals surface area contributed by atoms with Gasteiger partial charge in [-0.05, 0) is 75.1 Å². The van der Waals surface area contributed by atoms with Gasteiger partial charge in [-0.2, -0.15) is 0 Å². The first-order valence-corrected chi connectivity index (χ1v) is 9.21. The predicted molar refractivity (Wildman–Crippen MR) is 106 cm³/mol. The van der Waals surface area contributed by atoms with Crippen molar-refractivity contribution in [2.75, 3.05) is 16.8 Å². The fourth-order valence-electron chi connectivity index (χ4n) is 3.17. The molecule has 1 fully saturated rings. The van der Waals surface area contributed by atoms with Gasteiger partial charge >= 0.3 is 0 Å². The maximum atomic E-state index is 13.2. The highest BCUT2D eigenvalue weighted by Crippen LogP contribution is 2.49. The highest BCUT2D eigenvalue weighted by atomic mass is 35.5. The Hall–Kier alpha value is -2.33. The summed E-state index contributed by atoms with van der Waals surface area (Å²) in [6.45, 7) is 6.33. The Bertz CT molecular complexity index is 859. The van der Waals surface area contributed by atoms with E-state index in [1.54, 1.807) is 23.1 Å². The van der Waals surface area contributed by atoms with Gasteiger partial charge in [0, 0.05) is 22.9 Å². The van der Waals surface area contributed by atoms with Crippen molar-refractivity contribution in [2.45, 2.75) is 33.6 Å². The van der Waals surface area contributed by atoms with Crippen molar-refractivity contribution < 1.29 is 9.59 Å². The molecule has 136 valence electrons. The van der Waals surface area contributed by atoms with E-state index in [1.165, 1.54) is 0 Å². The number of rotatable bonds is 5. The number of carbonyl (C=O) groups is 2. The van der Waals surface area contributed by atoms with Crippen LogP contribution in [0.25, 0.3) is 0 Å². The fourth-order valence-corrected chi connectivity index (χ4v) is 3.40. The van der Waals surface area contributed by atoms with E-state index in [9.17, 15) is 9.59 Å². The largest absolute Gasteiger partial charge is 0.325 e. The molecular formula is C21H23ClN2O2. The first-order chi connectivity index (χ1) is 12.4. The van der Waals surface area contributed by atoms with Gasteiger partial charge in [0.1, 0.15) is 5.41 Å². The normalized spacial score (nSPS) is 14.6. The van der Waals surface area contributed by atoms with Crippen molar-refractivity contribution in [3.8, 4) is 0 Å². The summed E-state index contributed by atoms with van der Waals surface area (Å²) in [5, 5.41) is 3.54. The lowest BCUT2D eigenvalue weighted by Gasteiger charge is -2.26. The van der Waals surface area contributed by atoms with E-state index in [-0.39, 0.29) is 11.8 Å². The number of benzene rings is 2. The molecule has 0 spiro atoms. The molecule has 2 aromatic rings. The Morgan fingerprint density at radius 1 is 1.15 bits per heavy atom. The number of nitrogens with zero attached hydrogens (tertiary/aromatic N) is 1. The van der Waals surface area contributed by atoms with Crippen LogP contribution < -0.4 is 10.2 Å². The topological polar surface area (TPSA) is 49.4 Å². The molecule has 26 heavy (non-hydrogen) atoms. The molecule has 0 unspecified atom stereocenters. The van der Waals surface area contributed by atoms with E-state index in [0.29, 0.717) is 30.1 Å². The number of carbonyl (C=O) groups excluding carboxylic acids is 2. The third-order valence-corrected chi connectivity index (χ3v) is 5.14. The molecule has 0 atom stereocenters. The van der Waals surface area contributed by atoms with Gasteiger partial charge in [0.15, 0.2) is 0 Å². The summed E-state index contributed by atoms with van der Waals surface area (Å²) in [5.41, 5.74) is 2.52. The van der Waals surface area contributed by atoms with Gasteiger partial charge < -0.3 is 10.2 Å². The van der Waals surface area contributed by atoms with Crippen LogP contribution in [0, 0.1) is 19.3 Å². The molecule has 0 aromatic heterocycles. The lowest BCUT2D eigenvalue weighted by atomic mass is 10.0. The molecule has 1 aliphatic carbocycles. The Morgan fingerprint density at radius 3 is 2.46 bits per heavy atom. The zero-order valence-electron chi connectivity index (χ0n) is 15.3. The minimum absolute atomic E-state index is 0.130. The summed E-state index contributed by atoms with van der Waals surface area (Å²) in [6.07, 6.45) is 1.15. The molecule has 2 aromatic carbocycles. The summed E-state index contributed by atoms with van der Waals surface area (Å²) in [4.78, 5) is 27.8. The first-order valence-electron chi connectivity index (χ1n) is 8.83. The standard InChI is InChI=1S/C21H23ClN2O2/c1-4-24(17-7-5-6-14(2)12-17)20(26)21(10-11-21)19(25)23-18-9-8-16(22)13-15(18)3/h5-9,12-13H,4,10-11H2,1-3H3,(H,23,25). The van der Waals surface area contributed by atoms with Crippen molar-refractivity contribution in [1.82, 2.24) is 0 Å². The molecular weight excluding hydrogens is 348 g/mol. The Kier molecular flexibility index (Phi) is 5.05. The number of anilines is 2. The summed E-state index contributed by atoms with van der Waals surface area (Å²) in [5.74, 6) is -0.367. The van der Waals surface area contributed by atoms with Crippen molar-refractivity contribution in [3.63, 3.8) is 0 Å². The van der Waals surface area contributed by atoms with Crippen molar-refractivity contribution in [2.24, 2.45) is 5.41 Å². The zero-order valence-corrected chi connectivity index (χ0v) is 16.1. The second kappa shape index (κ2) is 7.12. The number of hydrogen-bond acceptors (Lipinski definition) is 2. The smallest absolute Gasteiger partial charge is 0.242 e. The number of nitrogens with one attached hydrogen (secondary N) is 1. The van der Waals surface area contributed by atoms with Crippen molar-refractivity contribution in [1.29, 1.82) is 0 Å². The van der Waals surface area contributed by atoms with Gasteiger partial charge in [0.05, 0.1) is 0 Å². The lowest BCUT2D eigenvalue weighted by Crippen LogP contribution is -2.43. The van der Waals surface area contributed by atoms with Gasteiger partial charge in [-0.25, -0.2) is 0 Å². The van der Waals surface area contributed by atoms with Crippen LogP contribution >= 0.6 is 11.6 Å². The lowest BCUT2D eigenvalue weighted by molar-refractivity contribution is -0.132. The third kappa shape index (κ3) is 3.47. The first kappa shape index (κ1) is 18.5. The van der Waals surface area contributed by atoms with Crippen LogP contribution in [0.1, 0.15) is 30.9 Å². The van der Waals surface area contributed by atoms with E-state index < -0.39 is 5.41 Å². The molecule has 3 rings (SSSR count). The molecule has 0 heterocycles. The quantitative estimate of drug-likeness (QED) is 0.773. The van der Waals surface area contributed by atoms with Crippen LogP contribution in [0.5, 0.6) is 0 Å². The maximum absolute atomic E-state index is 13.2. The predicted octanol–water partition coefficient (Wildman–Crippen LogP) is 4.73. The molecule has 0 aliphatic heterocycles. The van der Waals surface area contributed by atoms with E-state index in [1.807, 2.05) is 45.0 Å². The second-order valence-electron chi connectivity index (χ2n) is 6.88. The van der Waals surface area contributed by atoms with Crippen molar-refractivity contribution >= 4 is 34.8 Å². The maximum Gasteiger partial charge on any atom is 0.242 e. The number of aryl methyl sites for hydroxylation is 2. The molecule has 1 aliphatic rings. The highest BCUT2D eigenvalue weighted by Gasteiger charge is 2.58. The van der Waals surface area contributed by atoms with Gasteiger partial charge in [-0.1, -0.05) is 23.7 Å². The minimum Gasteiger partial charge on any atom is -0.325 e. The fraction of sp³-hybridized carbons (Fsp3) is 0.333. The summed E-state index contributed by atoms with van der Waals surface area (Å²) >= 11 is 5.97. The molecule has 5 heteroatoms. The molecule has 4 nitrogen and oxygen atoms in total. The van der Waals surface area contributed by atoms with Crippen LogP contribution in [-0.2, 0) is 9.59 Å². The minimum atomic E-state index is -0.966. The third-order valence-electron chi connectivity index (χ3n) is 4.91. The number of halogens is 1. The van der Waals surface area contributed by atoms with Crippen LogP contribution in [0.2, 0.25) is 5.02 Å². The monoisotopic (exact) mass is 370 g/mol. The highest BCUT2D eigenvalue weighted by molar-refractivity contribution is 6.30. The average molecular weight is 371 g/mol. The Morgan fingerprint density at radius 2 is 1.88 bits per heavy atom. The van der Waals surface area contributed by atoms with E-state index in [4.69, 9.17) is 11.6 Å². The summed E-state index contributed by atoms with van der Waals surface area (Å²) < 4.78 is 0. The van der Waals surface area contributed by atoms with Gasteiger partial charge in [-0.3, -0.25) is 9.59 Å². The van der Waals surface area contributed by atoms with Gasteiger partial charge in [-0.15, -0.1) is 0 Å². The molecule has 1 N–H and O–H groups in total. The van der Waals surface area contributed by atoms with Crippen LogP contribution in [0.15, 0.2) is 42.5 Å². The Balaban J connectivity index is 1.82. The van der Waals surface area contributed by atoms with Crippen LogP contribution in [0.4, 0.5) is 11.4 Å². The molecule has 0 saturated heterocycles. The number of hydrogen-bond donors (Lipinski definition) is 1. The molecule has 2 amide bonds. The average Bonchev–Trinajstić information content (AvgIpc) is 3.40. The SMILES string of the molecule is CCN(C(=O)C1(C(=O)Nc2ccc(Cl)cc2C)CC1)c1cccc(C)c1. The van der Waals surface area contributed by atoms with Gasteiger partial charge in [0.2, 0.25) is 11.8 Å². The molecule has 0 bridgehead atoms. The zero-order chi connectivity index (χ0) is 18.9. The summed E-state index contributed by atoms with van der Waals surface area (Å²) in [6, 6.07) is 13.1. The second-order valence-corrected chi connectivity index (χ2v) is 7.32. The molecule has 1 saturated carbocycles. The number of amides is 2. The molecule has 0 radical (unpaired) electrons. The van der Waals surface area contributed by atoms with E-state index >= 15 is 0 Å². The summed E-state index contributed by atoms with van der Waals surface area (Å²) in [7, 11) is 0. The van der Waals surface area contributed by atoms with Crippen LogP contribution in [0.3, 0.4) is 0 Å². The van der Waals surface area contributed by atoms with Gasteiger partial charge in [0.25, 0.3) is 0 Å². The van der Waals surface area contributed by atoms with E-state index in [2.05, 4.69) is 5.32 Å². The van der Waals surface area contributed by atoms with E-state index in [0.717, 1.165) is 16.8 Å². The van der Waals surface area contributed by atoms with Crippen molar-refractivity contribution in [3.05, 3.63) is 58.6 Å². The van der Waals surface area contributed by atoms with Crippen LogP contribution in [-0.4, -0.2) is 18.4 Å².